The number of benzene rings is 3. The summed E-state index contributed by atoms with van der Waals surface area (Å²) in [5.74, 6) is 1.86. The molecule has 3 aromatic carbocycles. The first-order valence-corrected chi connectivity index (χ1v) is 26.7. The number of carbonyl (C=O) groups excluding carboxylic acids is 2. The number of halogens is 2. The predicted octanol–water partition coefficient (Wildman–Crippen LogP) is 9.79. The number of hydrogen-bond donors (Lipinski definition) is 1. The van der Waals surface area contributed by atoms with Crippen molar-refractivity contribution < 1.29 is 27.8 Å². The number of rotatable bonds is 11. The Bertz CT molecular complexity index is 2970. The molecule has 1 spiro atoms. The van der Waals surface area contributed by atoms with Crippen molar-refractivity contribution in [1.82, 2.24) is 34.7 Å². The van der Waals surface area contributed by atoms with Crippen molar-refractivity contribution in [2.75, 3.05) is 56.2 Å². The normalized spacial score (nSPS) is 22.4. The SMILES string of the molecule is COc1cc(OC2C(C)(C)C(NC(=O)c3ccc(N4CCC(N5CC6(CCC(n7nc(N8CCCc9cc(-c%10cnn(C)c%10)c(C(F)F)cc98)c8c7CCN(C(C)=O)C8)CC6)C5)CC4)cc3)C2(C)C)ccc1C#N. The van der Waals surface area contributed by atoms with Crippen LogP contribution in [0.15, 0.2) is 67.0 Å². The molecule has 390 valence electrons. The van der Waals surface area contributed by atoms with E-state index >= 15 is 0 Å². The number of anilines is 3. The van der Waals surface area contributed by atoms with Crippen molar-refractivity contribution >= 4 is 29.0 Å². The van der Waals surface area contributed by atoms with Gasteiger partial charge in [-0.1, -0.05) is 27.7 Å². The number of nitriles is 1. The van der Waals surface area contributed by atoms with Crippen LogP contribution in [0.4, 0.5) is 26.0 Å². The number of carbonyl (C=O) groups is 2. The van der Waals surface area contributed by atoms with Gasteiger partial charge in [0.05, 0.1) is 31.5 Å². The van der Waals surface area contributed by atoms with Gasteiger partial charge < -0.3 is 29.5 Å². The number of likely N-dealkylation sites (tertiary alicyclic amines) is 1. The van der Waals surface area contributed by atoms with Crippen molar-refractivity contribution in [1.29, 1.82) is 5.26 Å². The van der Waals surface area contributed by atoms with Gasteiger partial charge in [0.1, 0.15) is 23.7 Å². The molecule has 2 aromatic heterocycles. The Morgan fingerprint density at radius 2 is 1.64 bits per heavy atom. The van der Waals surface area contributed by atoms with E-state index in [4.69, 9.17) is 14.6 Å². The minimum atomic E-state index is -2.65. The van der Waals surface area contributed by atoms with E-state index in [9.17, 15) is 23.6 Å². The van der Waals surface area contributed by atoms with Crippen LogP contribution in [0.2, 0.25) is 0 Å². The molecule has 6 heterocycles. The number of aryl methyl sites for hydroxylation is 2. The lowest BCUT2D eigenvalue weighted by atomic mass is 9.49. The molecule has 16 heteroatoms. The summed E-state index contributed by atoms with van der Waals surface area (Å²) in [7, 11) is 3.34. The Hall–Kier alpha value is -6.47. The lowest BCUT2D eigenvalue weighted by Crippen LogP contribution is -2.74. The van der Waals surface area contributed by atoms with Gasteiger partial charge in [0.15, 0.2) is 5.82 Å². The molecule has 2 saturated carbocycles. The van der Waals surface area contributed by atoms with Crippen LogP contribution in [-0.4, -0.2) is 106 Å². The van der Waals surface area contributed by atoms with Crippen LogP contribution in [0.1, 0.15) is 130 Å². The van der Waals surface area contributed by atoms with Crippen LogP contribution < -0.4 is 24.6 Å². The molecule has 0 bridgehead atoms. The molecule has 0 unspecified atom stereocenters. The number of methoxy groups -OCH3 is 1. The molecule has 14 nitrogen and oxygen atoms in total. The first-order chi connectivity index (χ1) is 35.5. The zero-order chi connectivity index (χ0) is 51.8. The molecule has 74 heavy (non-hydrogen) atoms. The van der Waals surface area contributed by atoms with E-state index in [1.54, 1.807) is 62.4 Å². The van der Waals surface area contributed by atoms with Gasteiger partial charge >= 0.3 is 0 Å². The number of piperidine rings is 1. The highest BCUT2D eigenvalue weighted by Crippen LogP contribution is 2.56. The van der Waals surface area contributed by atoms with Gasteiger partial charge in [-0.2, -0.15) is 15.5 Å². The molecule has 11 rings (SSSR count). The first-order valence-electron chi connectivity index (χ1n) is 26.7. The summed E-state index contributed by atoms with van der Waals surface area (Å²) in [6.45, 7) is 16.1. The fourth-order valence-corrected chi connectivity index (χ4v) is 14.2. The summed E-state index contributed by atoms with van der Waals surface area (Å²) < 4.78 is 45.5. The molecule has 0 radical (unpaired) electrons. The van der Waals surface area contributed by atoms with Crippen molar-refractivity contribution in [3.63, 3.8) is 0 Å². The molecule has 4 aliphatic heterocycles. The number of nitrogens with zero attached hydrogens (tertiary/aromatic N) is 9. The van der Waals surface area contributed by atoms with Crippen molar-refractivity contribution in [2.24, 2.45) is 23.3 Å². The summed E-state index contributed by atoms with van der Waals surface area (Å²) in [4.78, 5) is 35.7. The number of alkyl halides is 2. The fourth-order valence-electron chi connectivity index (χ4n) is 14.2. The third kappa shape index (κ3) is 8.76. The van der Waals surface area contributed by atoms with Gasteiger partial charge in [0.25, 0.3) is 12.3 Å². The number of fused-ring (bicyclic) bond motifs is 2. The van der Waals surface area contributed by atoms with Crippen molar-refractivity contribution in [3.05, 3.63) is 101 Å². The molecule has 0 atom stereocenters. The van der Waals surface area contributed by atoms with E-state index in [0.29, 0.717) is 64.8 Å². The van der Waals surface area contributed by atoms with E-state index in [0.717, 1.165) is 112 Å². The third-order valence-corrected chi connectivity index (χ3v) is 18.0. The maximum Gasteiger partial charge on any atom is 0.264 e. The summed E-state index contributed by atoms with van der Waals surface area (Å²) in [6.07, 6.45) is 9.61. The Morgan fingerprint density at radius 1 is 0.905 bits per heavy atom. The van der Waals surface area contributed by atoms with Crippen LogP contribution >= 0.6 is 0 Å². The van der Waals surface area contributed by atoms with Gasteiger partial charge in [-0.15, -0.1) is 0 Å². The second-order valence-corrected chi connectivity index (χ2v) is 23.3. The van der Waals surface area contributed by atoms with Gasteiger partial charge in [0, 0.05) is 134 Å². The molecule has 5 aromatic rings. The highest BCUT2D eigenvalue weighted by atomic mass is 19.3. The molecule has 2 amide bonds. The van der Waals surface area contributed by atoms with Crippen LogP contribution in [-0.2, 0) is 31.2 Å². The standard InChI is InChI=1S/C58H70F2N10O4/c1-36(71)67-26-20-48-47(33-67)52(69-23-8-9-38-27-45(40-31-62-65(6)32-40)46(51(59)60)29-49(38)69)64-70(48)43-16-21-58(22-17-43)34-68(35-58)42-18-24-66(25-19-42)41-13-10-37(11-14-41)53(72)63-54-56(2,3)55(57(54,4)5)74-44-15-12-39(30-61)50(28-44)73-7/h10-15,27-29,31-32,42-43,51,54-55H,8-9,16-26,33-35H2,1-7H3,(H,63,72). The maximum atomic E-state index is 14.8. The third-order valence-electron chi connectivity index (χ3n) is 18.0. The van der Waals surface area contributed by atoms with Crippen LogP contribution in [0, 0.1) is 27.6 Å². The quantitative estimate of drug-likeness (QED) is 0.136. The molecule has 1 N–H and O–H groups in total. The predicted molar refractivity (Wildman–Crippen MR) is 280 cm³/mol. The molecular weight excluding hydrogens is 939 g/mol. The van der Waals surface area contributed by atoms with Crippen LogP contribution in [0.5, 0.6) is 11.5 Å². The van der Waals surface area contributed by atoms with Crippen LogP contribution in [0.25, 0.3) is 11.1 Å². The summed E-state index contributed by atoms with van der Waals surface area (Å²) in [5, 5.41) is 22.4. The van der Waals surface area contributed by atoms with Crippen LogP contribution in [0.3, 0.4) is 0 Å². The minimum Gasteiger partial charge on any atom is -0.495 e. The smallest absolute Gasteiger partial charge is 0.264 e. The summed E-state index contributed by atoms with van der Waals surface area (Å²) in [6, 6.07) is 19.8. The van der Waals surface area contributed by atoms with Gasteiger partial charge in [-0.3, -0.25) is 23.9 Å². The average molecular weight is 1010 g/mol. The summed E-state index contributed by atoms with van der Waals surface area (Å²) >= 11 is 0. The maximum absolute atomic E-state index is 14.8. The van der Waals surface area contributed by atoms with Gasteiger partial charge in [-0.05, 0) is 116 Å². The second kappa shape index (κ2) is 19.0. The highest BCUT2D eigenvalue weighted by molar-refractivity contribution is 5.95. The molecule has 2 aliphatic carbocycles. The lowest BCUT2D eigenvalue weighted by Gasteiger charge is -2.63. The average Bonchev–Trinajstić information content (AvgIpc) is 4.03. The van der Waals surface area contributed by atoms with Crippen molar-refractivity contribution in [3.8, 4) is 28.7 Å². The van der Waals surface area contributed by atoms with Crippen molar-refractivity contribution in [2.45, 2.75) is 130 Å². The van der Waals surface area contributed by atoms with E-state index in [-0.39, 0.29) is 46.4 Å². The second-order valence-electron chi connectivity index (χ2n) is 23.3. The lowest BCUT2D eigenvalue weighted by molar-refractivity contribution is -0.164. The van der Waals surface area contributed by atoms with E-state index in [1.165, 1.54) is 5.69 Å². The van der Waals surface area contributed by atoms with E-state index in [2.05, 4.69) is 75.7 Å². The minimum absolute atomic E-state index is 0.00156. The monoisotopic (exact) mass is 1010 g/mol. The zero-order valence-electron chi connectivity index (χ0n) is 44.0. The number of hydrogen-bond acceptors (Lipinski definition) is 10. The number of ether oxygens (including phenoxy) is 2. The largest absolute Gasteiger partial charge is 0.495 e. The Labute approximate surface area is 433 Å². The Kier molecular flexibility index (Phi) is 12.8. The van der Waals surface area contributed by atoms with Gasteiger partial charge in [-0.25, -0.2) is 8.78 Å². The number of amides is 2. The molecule has 6 aliphatic rings. The Morgan fingerprint density at radius 3 is 2.28 bits per heavy atom. The van der Waals surface area contributed by atoms with E-state index in [1.807, 2.05) is 23.1 Å². The zero-order valence-corrected chi connectivity index (χ0v) is 44.0. The fraction of sp³-hybridized carbons (Fsp3) is 0.534. The number of nitrogens with one attached hydrogen (secondary N) is 1. The topological polar surface area (TPSA) is 137 Å². The first kappa shape index (κ1) is 49.7. The molecule has 4 fully saturated rings. The Balaban J connectivity index is 0.694. The van der Waals surface area contributed by atoms with Gasteiger partial charge in [0.2, 0.25) is 5.91 Å². The molecule has 2 saturated heterocycles. The number of aromatic nitrogens is 4. The molecular formula is C58H70F2N10O4. The summed E-state index contributed by atoms with van der Waals surface area (Å²) in [5.41, 5.74) is 7.13. The van der Waals surface area contributed by atoms with E-state index < -0.39 is 6.43 Å². The highest BCUT2D eigenvalue weighted by Gasteiger charge is 2.64.